The van der Waals surface area contributed by atoms with Gasteiger partial charge in [-0.25, -0.2) is 0 Å². The van der Waals surface area contributed by atoms with Crippen LogP contribution in [0.25, 0.3) is 111 Å². The maximum absolute atomic E-state index is 11.8. The van der Waals surface area contributed by atoms with Gasteiger partial charge in [-0.05, 0) is 167 Å². The van der Waals surface area contributed by atoms with E-state index in [1.807, 2.05) is 18.5 Å². The summed E-state index contributed by atoms with van der Waals surface area (Å²) in [5.41, 5.74) is 22.5. The van der Waals surface area contributed by atoms with E-state index in [0.29, 0.717) is 5.56 Å². The molecule has 0 aliphatic carbocycles. The summed E-state index contributed by atoms with van der Waals surface area (Å²) in [4.78, 5) is 4.59. The summed E-state index contributed by atoms with van der Waals surface area (Å²) in [6, 6.07) is 72.8. The Kier molecular flexibility index (Phi) is 9.74. The molecule has 9 aromatic carbocycles. The summed E-state index contributed by atoms with van der Waals surface area (Å²) in [6.45, 7) is 8.69. The number of benzene rings is 9. The van der Waals surface area contributed by atoms with Crippen molar-refractivity contribution < 1.29 is 0 Å². The summed E-state index contributed by atoms with van der Waals surface area (Å²) >= 11 is 0. The molecule has 0 bridgehead atoms. The highest BCUT2D eigenvalue weighted by Gasteiger charge is 2.24. The second-order valence-electron chi connectivity index (χ2n) is 18.1. The molecule has 3 aromatic heterocycles. The molecule has 4 heteroatoms. The van der Waals surface area contributed by atoms with Crippen LogP contribution in [-0.2, 0) is 0 Å². The van der Waals surface area contributed by atoms with E-state index in [1.165, 1.54) is 44.5 Å². The van der Waals surface area contributed by atoms with Gasteiger partial charge in [-0.3, -0.25) is 4.98 Å². The highest BCUT2D eigenvalue weighted by molar-refractivity contribution is 6.14. The molecule has 0 N–H and O–H groups in total. The molecule has 4 nitrogen and oxygen atoms in total. The Morgan fingerprint density at radius 1 is 0.353 bits per heavy atom. The number of aromatic nitrogens is 3. The molecule has 322 valence electrons. The Bertz CT molecular complexity index is 3590. The fourth-order valence-corrected chi connectivity index (χ4v) is 10.6. The predicted octanol–water partition coefficient (Wildman–Crippen LogP) is 16.7. The minimum Gasteiger partial charge on any atom is -0.308 e. The predicted molar refractivity (Wildman–Crippen MR) is 284 cm³/mol. The molecule has 0 saturated heterocycles. The van der Waals surface area contributed by atoms with Crippen molar-refractivity contribution in [3.63, 3.8) is 0 Å². The monoisotopic (exact) mass is 870 g/mol. The highest BCUT2D eigenvalue weighted by Crippen LogP contribution is 2.44. The molecule has 0 saturated carbocycles. The van der Waals surface area contributed by atoms with Crippen molar-refractivity contribution in [3.8, 4) is 73.1 Å². The van der Waals surface area contributed by atoms with E-state index in [2.05, 4.69) is 236 Å². The van der Waals surface area contributed by atoms with Crippen LogP contribution in [0, 0.1) is 39.0 Å². The number of rotatable bonds is 7. The zero-order valence-corrected chi connectivity index (χ0v) is 38.4. The van der Waals surface area contributed by atoms with Crippen molar-refractivity contribution in [3.05, 3.63) is 234 Å². The van der Waals surface area contributed by atoms with Gasteiger partial charge in [0.15, 0.2) is 0 Å². The van der Waals surface area contributed by atoms with Crippen LogP contribution in [0.4, 0.5) is 0 Å². The van der Waals surface area contributed by atoms with Gasteiger partial charge in [-0.1, -0.05) is 127 Å². The Labute approximate surface area is 396 Å². The maximum atomic E-state index is 11.8. The molecule has 0 unspecified atom stereocenters. The third-order valence-electron chi connectivity index (χ3n) is 14.0. The van der Waals surface area contributed by atoms with Crippen LogP contribution >= 0.6 is 0 Å². The summed E-state index contributed by atoms with van der Waals surface area (Å²) in [5, 5.41) is 16.2. The lowest BCUT2D eigenvalue weighted by Crippen LogP contribution is -2.05. The Hall–Kier alpha value is -8.78. The first-order chi connectivity index (χ1) is 33.3. The largest absolute Gasteiger partial charge is 0.308 e. The standard InChI is InChI=1S/C64H46N4/c1-40-14-5-9-19-50(40)44-23-27-59-54(32-44)55-33-45(51-20-10-6-15-41(51)2)24-28-60(55)67(59)63-36-49(48-18-13-31-66-39-48)37-64(58(63)38-65)68-61-29-25-46(52-21-11-7-16-42(52)3)34-56(61)57-35-47(26-30-62(57)68)53-22-12-8-17-43(53)4/h5-37,39H,1-4H3. The highest BCUT2D eigenvalue weighted by atomic mass is 15.0. The molecule has 12 aromatic rings. The Morgan fingerprint density at radius 2 is 0.691 bits per heavy atom. The molecular weight excluding hydrogens is 825 g/mol. The molecule has 68 heavy (non-hydrogen) atoms. The summed E-state index contributed by atoms with van der Waals surface area (Å²) < 4.78 is 4.63. The molecule has 0 aliphatic rings. The SMILES string of the molecule is Cc1ccccc1-c1ccc2c(c1)c1cc(-c3ccccc3C)ccc1n2-c1cc(-c2cccnc2)cc(-n2c3ccc(-c4ccccc4C)cc3c3cc(-c4ccccc4C)ccc32)c1C#N. The number of nitrogens with zero attached hydrogens (tertiary/aromatic N) is 4. The van der Waals surface area contributed by atoms with Crippen molar-refractivity contribution in [2.75, 3.05) is 0 Å². The molecule has 0 spiro atoms. The van der Waals surface area contributed by atoms with Crippen LogP contribution in [0.1, 0.15) is 27.8 Å². The van der Waals surface area contributed by atoms with E-state index in [0.717, 1.165) is 88.4 Å². The third kappa shape index (κ3) is 6.63. The first-order valence-corrected chi connectivity index (χ1v) is 23.2. The second-order valence-corrected chi connectivity index (χ2v) is 18.1. The zero-order valence-electron chi connectivity index (χ0n) is 38.4. The lowest BCUT2D eigenvalue weighted by molar-refractivity contribution is 1.12. The molecule has 0 aliphatic heterocycles. The average molecular weight is 871 g/mol. The van der Waals surface area contributed by atoms with Gasteiger partial charge in [0.05, 0.1) is 33.4 Å². The van der Waals surface area contributed by atoms with Crippen LogP contribution in [0.5, 0.6) is 0 Å². The van der Waals surface area contributed by atoms with Gasteiger partial charge in [-0.2, -0.15) is 5.26 Å². The zero-order chi connectivity index (χ0) is 46.0. The van der Waals surface area contributed by atoms with Gasteiger partial charge in [-0.15, -0.1) is 0 Å². The molecule has 0 fully saturated rings. The Balaban J connectivity index is 1.18. The van der Waals surface area contributed by atoms with Crippen LogP contribution in [0.3, 0.4) is 0 Å². The van der Waals surface area contributed by atoms with E-state index in [4.69, 9.17) is 0 Å². The number of fused-ring (bicyclic) bond motifs is 6. The van der Waals surface area contributed by atoms with E-state index >= 15 is 0 Å². The molecule has 12 rings (SSSR count). The molecule has 0 atom stereocenters. The van der Waals surface area contributed by atoms with Gasteiger partial charge >= 0.3 is 0 Å². The first kappa shape index (κ1) is 40.7. The number of nitriles is 1. The first-order valence-electron chi connectivity index (χ1n) is 23.2. The van der Waals surface area contributed by atoms with E-state index in [-0.39, 0.29) is 0 Å². The van der Waals surface area contributed by atoms with Gasteiger partial charge in [0, 0.05) is 39.5 Å². The molecule has 0 radical (unpaired) electrons. The van der Waals surface area contributed by atoms with Gasteiger partial charge in [0.25, 0.3) is 0 Å². The maximum Gasteiger partial charge on any atom is 0.104 e. The van der Waals surface area contributed by atoms with Crippen molar-refractivity contribution in [2.24, 2.45) is 0 Å². The molecule has 3 heterocycles. The fraction of sp³-hybridized carbons (Fsp3) is 0.0625. The molecular formula is C64H46N4. The van der Waals surface area contributed by atoms with Gasteiger partial charge in [0.2, 0.25) is 0 Å². The summed E-state index contributed by atoms with van der Waals surface area (Å²) in [5.74, 6) is 0. The van der Waals surface area contributed by atoms with Crippen molar-refractivity contribution in [1.82, 2.24) is 14.1 Å². The van der Waals surface area contributed by atoms with Gasteiger partial charge in [0.1, 0.15) is 11.6 Å². The summed E-state index contributed by atoms with van der Waals surface area (Å²) in [7, 11) is 0. The van der Waals surface area contributed by atoms with Crippen LogP contribution < -0.4 is 0 Å². The summed E-state index contributed by atoms with van der Waals surface area (Å²) in [6.07, 6.45) is 3.73. The Morgan fingerprint density at radius 3 is 0.985 bits per heavy atom. The van der Waals surface area contributed by atoms with Crippen molar-refractivity contribution in [1.29, 1.82) is 5.26 Å². The van der Waals surface area contributed by atoms with E-state index in [1.54, 1.807) is 0 Å². The smallest absolute Gasteiger partial charge is 0.104 e. The number of hydrogen-bond acceptors (Lipinski definition) is 2. The van der Waals surface area contributed by atoms with Crippen LogP contribution in [0.2, 0.25) is 0 Å². The minimum atomic E-state index is 0.576. The fourth-order valence-electron chi connectivity index (χ4n) is 10.6. The van der Waals surface area contributed by atoms with Crippen molar-refractivity contribution >= 4 is 43.6 Å². The van der Waals surface area contributed by atoms with E-state index in [9.17, 15) is 5.26 Å². The quantitative estimate of drug-likeness (QED) is 0.160. The van der Waals surface area contributed by atoms with Crippen molar-refractivity contribution in [2.45, 2.75) is 27.7 Å². The topological polar surface area (TPSA) is 46.5 Å². The number of aryl methyl sites for hydroxylation is 4. The third-order valence-corrected chi connectivity index (χ3v) is 14.0. The average Bonchev–Trinajstić information content (AvgIpc) is 3.88. The van der Waals surface area contributed by atoms with E-state index < -0.39 is 0 Å². The van der Waals surface area contributed by atoms with Crippen LogP contribution in [-0.4, -0.2) is 14.1 Å². The molecule has 0 amide bonds. The van der Waals surface area contributed by atoms with Gasteiger partial charge < -0.3 is 9.13 Å². The lowest BCUT2D eigenvalue weighted by atomic mass is 9.97. The van der Waals surface area contributed by atoms with Crippen LogP contribution in [0.15, 0.2) is 207 Å². The normalized spacial score (nSPS) is 11.5. The number of hydrogen-bond donors (Lipinski definition) is 0. The minimum absolute atomic E-state index is 0.576. The number of pyridine rings is 1. The lowest BCUT2D eigenvalue weighted by Gasteiger charge is -2.18. The second kappa shape index (κ2) is 16.3.